The second kappa shape index (κ2) is 5.14. The fourth-order valence-corrected chi connectivity index (χ4v) is 1.98. The van der Waals surface area contributed by atoms with Crippen molar-refractivity contribution < 1.29 is 9.32 Å². The lowest BCUT2D eigenvalue weighted by Gasteiger charge is -2.33. The van der Waals surface area contributed by atoms with Crippen molar-refractivity contribution in [3.63, 3.8) is 0 Å². The summed E-state index contributed by atoms with van der Waals surface area (Å²) in [5.74, 6) is 0.849. The van der Waals surface area contributed by atoms with Crippen LogP contribution < -0.4 is 0 Å². The lowest BCUT2D eigenvalue weighted by Crippen LogP contribution is -2.47. The fraction of sp³-hybridized carbons (Fsp3) is 0.500. The van der Waals surface area contributed by atoms with Crippen LogP contribution in [0.4, 0.5) is 0 Å². The molecule has 0 bridgehead atoms. The first-order chi connectivity index (χ1) is 8.19. The molecule has 0 aromatic carbocycles. The lowest BCUT2D eigenvalue weighted by molar-refractivity contribution is -0.127. The highest BCUT2D eigenvalue weighted by Crippen LogP contribution is 2.09. The van der Waals surface area contributed by atoms with Crippen LogP contribution in [0.2, 0.25) is 0 Å². The van der Waals surface area contributed by atoms with E-state index in [1.807, 2.05) is 17.9 Å². The lowest BCUT2D eigenvalue weighted by atomic mass is 10.2. The molecule has 0 unspecified atom stereocenters. The number of amides is 1. The first-order valence-corrected chi connectivity index (χ1v) is 5.75. The maximum atomic E-state index is 11.4. The molecule has 17 heavy (non-hydrogen) atoms. The van der Waals surface area contributed by atoms with E-state index in [4.69, 9.17) is 4.52 Å². The summed E-state index contributed by atoms with van der Waals surface area (Å²) in [6.45, 7) is 9.41. The van der Waals surface area contributed by atoms with Crippen molar-refractivity contribution in [2.24, 2.45) is 0 Å². The molecule has 1 aromatic rings. The minimum absolute atomic E-state index is 0.0157. The van der Waals surface area contributed by atoms with Gasteiger partial charge in [0.2, 0.25) is 5.91 Å². The summed E-state index contributed by atoms with van der Waals surface area (Å²) in [7, 11) is 0. The van der Waals surface area contributed by atoms with Crippen LogP contribution in [0.5, 0.6) is 0 Å². The summed E-state index contributed by atoms with van der Waals surface area (Å²) in [5.41, 5.74) is 0.950. The molecule has 2 rings (SSSR count). The normalized spacial score (nSPS) is 17.1. The molecule has 0 radical (unpaired) electrons. The van der Waals surface area contributed by atoms with Gasteiger partial charge in [0.25, 0.3) is 0 Å². The number of aryl methyl sites for hydroxylation is 1. The van der Waals surface area contributed by atoms with Gasteiger partial charge in [0, 0.05) is 38.8 Å². The van der Waals surface area contributed by atoms with E-state index in [0.717, 1.165) is 44.2 Å². The quantitative estimate of drug-likeness (QED) is 0.728. The summed E-state index contributed by atoms with van der Waals surface area (Å²) in [4.78, 5) is 15.5. The molecule has 0 N–H and O–H groups in total. The predicted octanol–water partition coefficient (Wildman–Crippen LogP) is 0.813. The van der Waals surface area contributed by atoms with Gasteiger partial charge in [0.05, 0.1) is 5.69 Å². The highest BCUT2D eigenvalue weighted by atomic mass is 16.5. The van der Waals surface area contributed by atoms with Crippen LogP contribution in [-0.2, 0) is 11.3 Å². The Bertz CT molecular complexity index is 406. The van der Waals surface area contributed by atoms with Crippen molar-refractivity contribution >= 4 is 5.91 Å². The van der Waals surface area contributed by atoms with Crippen LogP contribution in [0.3, 0.4) is 0 Å². The molecule has 1 fully saturated rings. The molecule has 1 aromatic heterocycles. The Labute approximate surface area is 101 Å². The minimum atomic E-state index is 0.0157. The Morgan fingerprint density at radius 3 is 2.76 bits per heavy atom. The fourth-order valence-electron chi connectivity index (χ4n) is 1.98. The van der Waals surface area contributed by atoms with Crippen molar-refractivity contribution in [1.82, 2.24) is 15.0 Å². The molecule has 0 saturated carbocycles. The molecule has 1 aliphatic heterocycles. The molecule has 0 spiro atoms. The maximum absolute atomic E-state index is 11.4. The van der Waals surface area contributed by atoms with E-state index < -0.39 is 0 Å². The van der Waals surface area contributed by atoms with E-state index in [0.29, 0.717) is 0 Å². The Hall–Kier alpha value is -1.62. The maximum Gasteiger partial charge on any atom is 0.246 e. The topological polar surface area (TPSA) is 49.6 Å². The molecule has 2 heterocycles. The molecule has 0 aliphatic carbocycles. The van der Waals surface area contributed by atoms with Gasteiger partial charge in [0.1, 0.15) is 5.76 Å². The van der Waals surface area contributed by atoms with Gasteiger partial charge in [-0.2, -0.15) is 0 Å². The summed E-state index contributed by atoms with van der Waals surface area (Å²) in [6.07, 6.45) is 1.37. The zero-order valence-corrected chi connectivity index (χ0v) is 10.1. The number of hydrogen-bond acceptors (Lipinski definition) is 4. The number of carbonyl (C=O) groups excluding carboxylic acids is 1. The van der Waals surface area contributed by atoms with Crippen LogP contribution in [0.1, 0.15) is 11.5 Å². The molecular formula is C12H17N3O2. The molecule has 1 aliphatic rings. The van der Waals surface area contributed by atoms with Crippen molar-refractivity contribution in [3.8, 4) is 0 Å². The number of rotatable bonds is 3. The van der Waals surface area contributed by atoms with Gasteiger partial charge >= 0.3 is 0 Å². The van der Waals surface area contributed by atoms with E-state index in [9.17, 15) is 4.79 Å². The van der Waals surface area contributed by atoms with E-state index in [1.165, 1.54) is 6.08 Å². The highest BCUT2D eigenvalue weighted by molar-refractivity contribution is 5.87. The third-order valence-electron chi connectivity index (χ3n) is 2.92. The van der Waals surface area contributed by atoms with E-state index >= 15 is 0 Å². The number of hydrogen-bond donors (Lipinski definition) is 0. The standard InChI is InChI=1S/C12H17N3O2/c1-3-12(16)15-6-4-14(5-7-15)9-11-8-10(2)17-13-11/h3,8H,1,4-7,9H2,2H3. The summed E-state index contributed by atoms with van der Waals surface area (Å²) < 4.78 is 5.03. The van der Waals surface area contributed by atoms with Gasteiger partial charge in [-0.15, -0.1) is 0 Å². The Kier molecular flexibility index (Phi) is 3.58. The zero-order valence-electron chi connectivity index (χ0n) is 10.1. The van der Waals surface area contributed by atoms with Gasteiger partial charge < -0.3 is 9.42 Å². The van der Waals surface area contributed by atoms with Crippen LogP contribution in [0, 0.1) is 6.92 Å². The number of nitrogens with zero attached hydrogens (tertiary/aromatic N) is 3. The highest BCUT2D eigenvalue weighted by Gasteiger charge is 2.19. The average molecular weight is 235 g/mol. The SMILES string of the molecule is C=CC(=O)N1CCN(Cc2cc(C)on2)CC1. The largest absolute Gasteiger partial charge is 0.361 e. The van der Waals surface area contributed by atoms with Gasteiger partial charge in [-0.25, -0.2) is 0 Å². The summed E-state index contributed by atoms with van der Waals surface area (Å²) >= 11 is 0. The van der Waals surface area contributed by atoms with Crippen LogP contribution in [0.25, 0.3) is 0 Å². The van der Waals surface area contributed by atoms with Crippen molar-refractivity contribution in [2.45, 2.75) is 13.5 Å². The van der Waals surface area contributed by atoms with Gasteiger partial charge in [-0.3, -0.25) is 9.69 Å². The molecule has 5 heteroatoms. The second-order valence-corrected chi connectivity index (χ2v) is 4.23. The molecule has 92 valence electrons. The third kappa shape index (κ3) is 2.94. The number of aromatic nitrogens is 1. The Morgan fingerprint density at radius 1 is 1.53 bits per heavy atom. The first-order valence-electron chi connectivity index (χ1n) is 5.75. The van der Waals surface area contributed by atoms with Gasteiger partial charge in [-0.1, -0.05) is 11.7 Å². The van der Waals surface area contributed by atoms with Crippen LogP contribution in [-0.4, -0.2) is 47.0 Å². The summed E-state index contributed by atoms with van der Waals surface area (Å²) in [6, 6.07) is 1.95. The smallest absolute Gasteiger partial charge is 0.246 e. The summed E-state index contributed by atoms with van der Waals surface area (Å²) in [5, 5.41) is 3.97. The second-order valence-electron chi connectivity index (χ2n) is 4.23. The van der Waals surface area contributed by atoms with E-state index in [-0.39, 0.29) is 5.91 Å². The average Bonchev–Trinajstić information content (AvgIpc) is 2.75. The molecular weight excluding hydrogens is 218 g/mol. The molecule has 1 amide bonds. The number of piperazine rings is 1. The number of carbonyl (C=O) groups is 1. The third-order valence-corrected chi connectivity index (χ3v) is 2.92. The predicted molar refractivity (Wildman–Crippen MR) is 63.3 cm³/mol. The van der Waals surface area contributed by atoms with Crippen LogP contribution >= 0.6 is 0 Å². The zero-order chi connectivity index (χ0) is 12.3. The minimum Gasteiger partial charge on any atom is -0.361 e. The van der Waals surface area contributed by atoms with Crippen molar-refractivity contribution in [2.75, 3.05) is 26.2 Å². The van der Waals surface area contributed by atoms with Gasteiger partial charge in [0.15, 0.2) is 0 Å². The Morgan fingerprint density at radius 2 is 2.24 bits per heavy atom. The molecule has 1 saturated heterocycles. The molecule has 5 nitrogen and oxygen atoms in total. The molecule has 0 atom stereocenters. The van der Waals surface area contributed by atoms with Crippen molar-refractivity contribution in [1.29, 1.82) is 0 Å². The van der Waals surface area contributed by atoms with Crippen molar-refractivity contribution in [3.05, 3.63) is 30.2 Å². The Balaban J connectivity index is 1.83. The first kappa shape index (κ1) is 11.9. The monoisotopic (exact) mass is 235 g/mol. The van der Waals surface area contributed by atoms with E-state index in [2.05, 4.69) is 16.6 Å². The van der Waals surface area contributed by atoms with Crippen LogP contribution in [0.15, 0.2) is 23.2 Å². The van der Waals surface area contributed by atoms with E-state index in [1.54, 1.807) is 0 Å². The van der Waals surface area contributed by atoms with Gasteiger partial charge in [-0.05, 0) is 13.0 Å².